The zero-order valence-electron chi connectivity index (χ0n) is 11.8. The van der Waals surface area contributed by atoms with Crippen molar-refractivity contribution in [3.63, 3.8) is 0 Å². The van der Waals surface area contributed by atoms with Crippen LogP contribution < -0.4 is 10.2 Å². The summed E-state index contributed by atoms with van der Waals surface area (Å²) >= 11 is 12.2. The van der Waals surface area contributed by atoms with Crippen LogP contribution in [0.3, 0.4) is 0 Å². The van der Waals surface area contributed by atoms with Crippen LogP contribution >= 0.6 is 23.2 Å². The van der Waals surface area contributed by atoms with Gasteiger partial charge in [-0.15, -0.1) is 0 Å². The van der Waals surface area contributed by atoms with Crippen molar-refractivity contribution in [3.05, 3.63) is 52.4 Å². The van der Waals surface area contributed by atoms with Crippen LogP contribution in [0.15, 0.2) is 41.0 Å². The molecule has 0 aliphatic carbocycles. The maximum absolute atomic E-state index is 11.8. The van der Waals surface area contributed by atoms with E-state index in [0.717, 1.165) is 0 Å². The number of hydrogen-bond donors (Lipinski definition) is 1. The molecule has 2 aromatic rings. The van der Waals surface area contributed by atoms with Crippen molar-refractivity contribution >= 4 is 40.7 Å². The molecular formula is C15H14Cl2N2O3. The molecule has 0 aliphatic heterocycles. The topological polar surface area (TPSA) is 62.6 Å². The van der Waals surface area contributed by atoms with E-state index >= 15 is 0 Å². The highest BCUT2D eigenvalue weighted by atomic mass is 35.5. The summed E-state index contributed by atoms with van der Waals surface area (Å²) in [5, 5.41) is 3.42. The van der Waals surface area contributed by atoms with E-state index in [1.54, 1.807) is 30.3 Å². The quantitative estimate of drug-likeness (QED) is 0.907. The standard InChI is InChI=1S/C15H14Cl2N2O3/c1-10(20)19(14-11(16)4-2-5-12(14)17)8-7-18-15(21)13-6-3-9-22-13/h2-6,9H,7-8H2,1H3,(H,18,21). The summed E-state index contributed by atoms with van der Waals surface area (Å²) in [5.74, 6) is -0.355. The third-order valence-corrected chi connectivity index (χ3v) is 3.56. The molecule has 0 atom stereocenters. The zero-order chi connectivity index (χ0) is 16.1. The number of anilines is 1. The normalized spacial score (nSPS) is 10.3. The van der Waals surface area contributed by atoms with Crippen LogP contribution in [0.25, 0.3) is 0 Å². The van der Waals surface area contributed by atoms with Crippen LogP contribution in [0.1, 0.15) is 17.5 Å². The van der Waals surface area contributed by atoms with Crippen LogP contribution in [-0.4, -0.2) is 24.9 Å². The molecule has 0 spiro atoms. The minimum Gasteiger partial charge on any atom is -0.459 e. The lowest BCUT2D eigenvalue weighted by molar-refractivity contribution is -0.116. The van der Waals surface area contributed by atoms with E-state index in [2.05, 4.69) is 5.32 Å². The molecule has 116 valence electrons. The first-order valence-electron chi connectivity index (χ1n) is 6.54. The van der Waals surface area contributed by atoms with E-state index in [1.807, 2.05) is 0 Å². The molecule has 2 rings (SSSR count). The summed E-state index contributed by atoms with van der Waals surface area (Å²) in [7, 11) is 0. The van der Waals surface area contributed by atoms with Crippen molar-refractivity contribution in [2.75, 3.05) is 18.0 Å². The fraction of sp³-hybridized carbons (Fsp3) is 0.200. The number of amides is 2. The Morgan fingerprint density at radius 3 is 2.41 bits per heavy atom. The van der Waals surface area contributed by atoms with Crippen molar-refractivity contribution in [1.29, 1.82) is 0 Å². The molecule has 0 radical (unpaired) electrons. The number of rotatable bonds is 5. The molecule has 2 amide bonds. The average Bonchev–Trinajstić information content (AvgIpc) is 2.99. The first-order chi connectivity index (χ1) is 10.5. The summed E-state index contributed by atoms with van der Waals surface area (Å²) in [4.78, 5) is 25.0. The number of halogens is 2. The van der Waals surface area contributed by atoms with Gasteiger partial charge in [0.15, 0.2) is 5.76 Å². The minimum absolute atomic E-state index is 0.213. The molecule has 0 saturated carbocycles. The van der Waals surface area contributed by atoms with Gasteiger partial charge < -0.3 is 14.6 Å². The molecular weight excluding hydrogens is 327 g/mol. The summed E-state index contributed by atoms with van der Waals surface area (Å²) < 4.78 is 4.99. The number of benzene rings is 1. The number of carbonyl (C=O) groups is 2. The van der Waals surface area contributed by atoms with Gasteiger partial charge in [0.25, 0.3) is 5.91 Å². The van der Waals surface area contributed by atoms with Gasteiger partial charge in [-0.3, -0.25) is 9.59 Å². The summed E-state index contributed by atoms with van der Waals surface area (Å²) in [5.41, 5.74) is 0.436. The average molecular weight is 341 g/mol. The van der Waals surface area contributed by atoms with Gasteiger partial charge in [-0.2, -0.15) is 0 Å². The molecule has 0 aliphatic rings. The van der Waals surface area contributed by atoms with E-state index in [0.29, 0.717) is 15.7 Å². The van der Waals surface area contributed by atoms with Gasteiger partial charge >= 0.3 is 0 Å². The number of carbonyl (C=O) groups excluding carboxylic acids is 2. The highest BCUT2D eigenvalue weighted by molar-refractivity contribution is 6.39. The van der Waals surface area contributed by atoms with E-state index in [1.165, 1.54) is 18.1 Å². The molecule has 1 heterocycles. The Hall–Kier alpha value is -1.98. The lowest BCUT2D eigenvalue weighted by Crippen LogP contribution is -2.37. The van der Waals surface area contributed by atoms with Gasteiger partial charge in [0, 0.05) is 20.0 Å². The van der Waals surface area contributed by atoms with Crippen LogP contribution in [0.4, 0.5) is 5.69 Å². The number of hydrogen-bond acceptors (Lipinski definition) is 3. The second-order valence-electron chi connectivity index (χ2n) is 4.47. The Morgan fingerprint density at radius 2 is 1.86 bits per heavy atom. The lowest BCUT2D eigenvalue weighted by atomic mass is 10.2. The molecule has 0 unspecified atom stereocenters. The van der Waals surface area contributed by atoms with Gasteiger partial charge in [-0.25, -0.2) is 0 Å². The molecule has 5 nitrogen and oxygen atoms in total. The van der Waals surface area contributed by atoms with Gasteiger partial charge in [0.1, 0.15) is 0 Å². The van der Waals surface area contributed by atoms with E-state index in [4.69, 9.17) is 27.6 Å². The molecule has 0 bridgehead atoms. The fourth-order valence-electron chi connectivity index (χ4n) is 1.95. The minimum atomic E-state index is -0.348. The molecule has 1 aromatic carbocycles. The fourth-order valence-corrected chi connectivity index (χ4v) is 2.55. The number of furan rings is 1. The Morgan fingerprint density at radius 1 is 1.18 bits per heavy atom. The molecule has 1 aromatic heterocycles. The molecule has 0 saturated heterocycles. The number of nitrogens with one attached hydrogen (secondary N) is 1. The van der Waals surface area contributed by atoms with Crippen LogP contribution in [-0.2, 0) is 4.79 Å². The molecule has 22 heavy (non-hydrogen) atoms. The highest BCUT2D eigenvalue weighted by Crippen LogP contribution is 2.33. The van der Waals surface area contributed by atoms with Gasteiger partial charge in [-0.1, -0.05) is 29.3 Å². The maximum atomic E-state index is 11.8. The summed E-state index contributed by atoms with van der Waals surface area (Å²) in [6.45, 7) is 1.89. The smallest absolute Gasteiger partial charge is 0.287 e. The van der Waals surface area contributed by atoms with Crippen molar-refractivity contribution in [2.24, 2.45) is 0 Å². The van der Waals surface area contributed by atoms with Gasteiger partial charge in [-0.05, 0) is 24.3 Å². The second-order valence-corrected chi connectivity index (χ2v) is 5.29. The molecule has 1 N–H and O–H groups in total. The van der Waals surface area contributed by atoms with Crippen LogP contribution in [0.2, 0.25) is 10.0 Å². The summed E-state index contributed by atoms with van der Waals surface area (Å²) in [6, 6.07) is 8.19. The molecule has 0 fully saturated rings. The van der Waals surface area contributed by atoms with Crippen molar-refractivity contribution in [3.8, 4) is 0 Å². The first-order valence-corrected chi connectivity index (χ1v) is 7.30. The number of para-hydroxylation sites is 1. The predicted molar refractivity (Wildman–Crippen MR) is 85.5 cm³/mol. The van der Waals surface area contributed by atoms with Crippen LogP contribution in [0, 0.1) is 0 Å². The Bertz CT molecular complexity index is 651. The first kappa shape index (κ1) is 16.4. The zero-order valence-corrected chi connectivity index (χ0v) is 13.3. The third kappa shape index (κ3) is 3.81. The van der Waals surface area contributed by atoms with Gasteiger partial charge in [0.05, 0.1) is 22.0 Å². The largest absolute Gasteiger partial charge is 0.459 e. The highest BCUT2D eigenvalue weighted by Gasteiger charge is 2.18. The SMILES string of the molecule is CC(=O)N(CCNC(=O)c1ccco1)c1c(Cl)cccc1Cl. The monoisotopic (exact) mass is 340 g/mol. The maximum Gasteiger partial charge on any atom is 0.287 e. The Balaban J connectivity index is 2.04. The predicted octanol–water partition coefficient (Wildman–Crippen LogP) is 3.37. The van der Waals surface area contributed by atoms with Gasteiger partial charge in [0.2, 0.25) is 5.91 Å². The van der Waals surface area contributed by atoms with E-state index in [9.17, 15) is 9.59 Å². The summed E-state index contributed by atoms with van der Waals surface area (Å²) in [6.07, 6.45) is 1.42. The van der Waals surface area contributed by atoms with Crippen LogP contribution in [0.5, 0.6) is 0 Å². The lowest BCUT2D eigenvalue weighted by Gasteiger charge is -2.23. The third-order valence-electron chi connectivity index (χ3n) is 2.95. The second kappa shape index (κ2) is 7.33. The Labute approximate surface area is 137 Å². The Kier molecular flexibility index (Phi) is 5.46. The van der Waals surface area contributed by atoms with E-state index in [-0.39, 0.29) is 30.7 Å². The molecule has 7 heteroatoms. The van der Waals surface area contributed by atoms with Crippen molar-refractivity contribution in [2.45, 2.75) is 6.92 Å². The number of nitrogens with zero attached hydrogens (tertiary/aromatic N) is 1. The van der Waals surface area contributed by atoms with Crippen molar-refractivity contribution in [1.82, 2.24) is 5.32 Å². The van der Waals surface area contributed by atoms with Crippen molar-refractivity contribution < 1.29 is 14.0 Å². The van der Waals surface area contributed by atoms with E-state index < -0.39 is 0 Å².